The Kier molecular flexibility index (Phi) is 3.90. The zero-order valence-electron chi connectivity index (χ0n) is 12.5. The van der Waals surface area contributed by atoms with Gasteiger partial charge < -0.3 is 4.74 Å². The summed E-state index contributed by atoms with van der Waals surface area (Å²) in [7, 11) is 0. The number of hydrogen-bond acceptors (Lipinski definition) is 4. The van der Waals surface area contributed by atoms with Gasteiger partial charge in [0.25, 0.3) is 0 Å². The van der Waals surface area contributed by atoms with Crippen LogP contribution in [-0.4, -0.2) is 11.1 Å². The van der Waals surface area contributed by atoms with Crippen LogP contribution in [0.4, 0.5) is 0 Å². The highest BCUT2D eigenvalue weighted by Crippen LogP contribution is 2.29. The van der Waals surface area contributed by atoms with E-state index >= 15 is 0 Å². The predicted octanol–water partition coefficient (Wildman–Crippen LogP) is 2.79. The summed E-state index contributed by atoms with van der Waals surface area (Å²) < 4.78 is 5.78. The number of aryl methyl sites for hydroxylation is 2. The number of hydrazine groups is 1. The summed E-state index contributed by atoms with van der Waals surface area (Å²) in [5.41, 5.74) is 7.13. The summed E-state index contributed by atoms with van der Waals surface area (Å²) in [5.74, 6) is 6.69. The van der Waals surface area contributed by atoms with Crippen molar-refractivity contribution in [3.63, 3.8) is 0 Å². The summed E-state index contributed by atoms with van der Waals surface area (Å²) in [6, 6.07) is 12.2. The second-order valence-corrected chi connectivity index (χ2v) is 5.67. The van der Waals surface area contributed by atoms with E-state index in [4.69, 9.17) is 10.6 Å². The number of aromatic nitrogens is 1. The largest absolute Gasteiger partial charge is 0.490 e. The van der Waals surface area contributed by atoms with E-state index in [9.17, 15) is 0 Å². The minimum atomic E-state index is -0.0413. The molecule has 0 radical (unpaired) electrons. The van der Waals surface area contributed by atoms with Gasteiger partial charge in [0, 0.05) is 11.4 Å². The lowest BCUT2D eigenvalue weighted by Gasteiger charge is -2.18. The number of nitrogens with zero attached hydrogens (tertiary/aromatic N) is 1. The molecule has 110 valence electrons. The van der Waals surface area contributed by atoms with E-state index in [1.54, 1.807) is 0 Å². The van der Waals surface area contributed by atoms with Gasteiger partial charge in [-0.05, 0) is 62.1 Å². The summed E-state index contributed by atoms with van der Waals surface area (Å²) in [4.78, 5) is 4.41. The van der Waals surface area contributed by atoms with E-state index < -0.39 is 0 Å². The number of nitrogens with one attached hydrogen (secondary N) is 1. The SMILES string of the molecule is Cc1cc(C(NN)c2ccc(OC3CC3)cc2)cc(C)n1. The molecule has 1 atom stereocenters. The van der Waals surface area contributed by atoms with Gasteiger partial charge in [-0.3, -0.25) is 10.8 Å². The van der Waals surface area contributed by atoms with Gasteiger partial charge in [0.1, 0.15) is 5.75 Å². The quantitative estimate of drug-likeness (QED) is 0.654. The molecule has 1 unspecified atom stereocenters. The molecule has 1 fully saturated rings. The Hall–Kier alpha value is -1.91. The average molecular weight is 283 g/mol. The molecular formula is C17H21N3O. The van der Waals surface area contributed by atoms with Crippen LogP contribution in [0.1, 0.15) is 41.4 Å². The standard InChI is InChI=1S/C17H21N3O/c1-11-9-14(10-12(2)19-11)17(20-18)13-3-5-15(6-4-13)21-16-7-8-16/h3-6,9-10,16-17,20H,7-8,18H2,1-2H3. The first-order chi connectivity index (χ1) is 10.2. The van der Waals surface area contributed by atoms with E-state index in [1.165, 1.54) is 12.8 Å². The summed E-state index contributed by atoms with van der Waals surface area (Å²) >= 11 is 0. The number of ether oxygens (including phenoxy) is 1. The molecule has 4 nitrogen and oxygen atoms in total. The normalized spacial score (nSPS) is 15.8. The smallest absolute Gasteiger partial charge is 0.119 e. The van der Waals surface area contributed by atoms with E-state index in [1.807, 2.05) is 26.0 Å². The molecule has 1 aliphatic carbocycles. The molecule has 0 amide bonds. The third kappa shape index (κ3) is 3.40. The predicted molar refractivity (Wildman–Crippen MR) is 83.0 cm³/mol. The Morgan fingerprint density at radius 3 is 2.24 bits per heavy atom. The zero-order valence-corrected chi connectivity index (χ0v) is 12.5. The van der Waals surface area contributed by atoms with Crippen LogP contribution < -0.4 is 16.0 Å². The first kappa shape index (κ1) is 14.0. The molecule has 0 spiro atoms. The molecule has 1 aliphatic rings. The van der Waals surface area contributed by atoms with E-state index in [0.29, 0.717) is 6.10 Å². The maximum absolute atomic E-state index is 5.78. The van der Waals surface area contributed by atoms with E-state index in [-0.39, 0.29) is 6.04 Å². The van der Waals surface area contributed by atoms with Gasteiger partial charge in [-0.15, -0.1) is 0 Å². The van der Waals surface area contributed by atoms with Crippen LogP contribution in [0.5, 0.6) is 5.75 Å². The number of pyridine rings is 1. The lowest BCUT2D eigenvalue weighted by molar-refractivity contribution is 0.303. The highest BCUT2D eigenvalue weighted by atomic mass is 16.5. The highest BCUT2D eigenvalue weighted by molar-refractivity contribution is 5.36. The lowest BCUT2D eigenvalue weighted by Crippen LogP contribution is -2.29. The lowest BCUT2D eigenvalue weighted by atomic mass is 9.98. The van der Waals surface area contributed by atoms with Gasteiger partial charge in [0.15, 0.2) is 0 Å². The van der Waals surface area contributed by atoms with Crippen LogP contribution in [0.3, 0.4) is 0 Å². The molecule has 1 aromatic carbocycles. The maximum atomic E-state index is 5.78. The van der Waals surface area contributed by atoms with Crippen molar-refractivity contribution in [1.82, 2.24) is 10.4 Å². The molecule has 1 aromatic heterocycles. The minimum absolute atomic E-state index is 0.0413. The van der Waals surface area contributed by atoms with E-state index in [0.717, 1.165) is 28.3 Å². The Morgan fingerprint density at radius 2 is 1.71 bits per heavy atom. The molecule has 21 heavy (non-hydrogen) atoms. The molecule has 2 aromatic rings. The van der Waals surface area contributed by atoms with Gasteiger partial charge in [-0.1, -0.05) is 12.1 Å². The van der Waals surface area contributed by atoms with Crippen molar-refractivity contribution in [2.24, 2.45) is 5.84 Å². The van der Waals surface area contributed by atoms with Crippen molar-refractivity contribution < 1.29 is 4.74 Å². The van der Waals surface area contributed by atoms with Gasteiger partial charge in [0.05, 0.1) is 12.1 Å². The monoisotopic (exact) mass is 283 g/mol. The first-order valence-electron chi connectivity index (χ1n) is 7.33. The second-order valence-electron chi connectivity index (χ2n) is 5.67. The topological polar surface area (TPSA) is 60.2 Å². The zero-order chi connectivity index (χ0) is 14.8. The summed E-state index contributed by atoms with van der Waals surface area (Å²) in [6.07, 6.45) is 2.76. The van der Waals surface area contributed by atoms with Gasteiger partial charge >= 0.3 is 0 Å². The van der Waals surface area contributed by atoms with Crippen LogP contribution in [-0.2, 0) is 0 Å². The van der Waals surface area contributed by atoms with Crippen molar-refractivity contribution in [1.29, 1.82) is 0 Å². The Balaban J connectivity index is 1.84. The van der Waals surface area contributed by atoms with Crippen LogP contribution in [0.15, 0.2) is 36.4 Å². The molecule has 4 heteroatoms. The number of rotatable bonds is 5. The second kappa shape index (κ2) is 5.84. The van der Waals surface area contributed by atoms with Crippen molar-refractivity contribution >= 4 is 0 Å². The van der Waals surface area contributed by atoms with Crippen molar-refractivity contribution in [3.8, 4) is 5.75 Å². The third-order valence-electron chi connectivity index (χ3n) is 3.64. The van der Waals surface area contributed by atoms with Gasteiger partial charge in [-0.2, -0.15) is 0 Å². The molecule has 0 saturated heterocycles. The number of benzene rings is 1. The molecule has 0 bridgehead atoms. The fraction of sp³-hybridized carbons (Fsp3) is 0.353. The van der Waals surface area contributed by atoms with Crippen molar-refractivity contribution in [2.75, 3.05) is 0 Å². The van der Waals surface area contributed by atoms with E-state index in [2.05, 4.69) is 34.7 Å². The van der Waals surface area contributed by atoms with Crippen LogP contribution in [0.25, 0.3) is 0 Å². The molecule has 1 saturated carbocycles. The minimum Gasteiger partial charge on any atom is -0.490 e. The fourth-order valence-electron chi connectivity index (χ4n) is 2.54. The maximum Gasteiger partial charge on any atom is 0.119 e. The van der Waals surface area contributed by atoms with Crippen LogP contribution >= 0.6 is 0 Å². The first-order valence-corrected chi connectivity index (χ1v) is 7.33. The number of hydrogen-bond donors (Lipinski definition) is 2. The highest BCUT2D eigenvalue weighted by Gasteiger charge is 2.23. The van der Waals surface area contributed by atoms with Crippen LogP contribution in [0, 0.1) is 13.8 Å². The average Bonchev–Trinajstić information content (AvgIpc) is 3.24. The molecule has 3 N–H and O–H groups in total. The number of nitrogens with two attached hydrogens (primary N) is 1. The Bertz CT molecular complexity index is 600. The molecule has 1 heterocycles. The Labute approximate surface area is 125 Å². The van der Waals surface area contributed by atoms with Crippen LogP contribution in [0.2, 0.25) is 0 Å². The molecule has 0 aliphatic heterocycles. The van der Waals surface area contributed by atoms with Gasteiger partial charge in [0.2, 0.25) is 0 Å². The Morgan fingerprint density at radius 1 is 1.10 bits per heavy atom. The molecule has 3 rings (SSSR count). The van der Waals surface area contributed by atoms with Crippen molar-refractivity contribution in [3.05, 3.63) is 58.9 Å². The van der Waals surface area contributed by atoms with Gasteiger partial charge in [-0.25, -0.2) is 5.43 Å². The fourth-order valence-corrected chi connectivity index (χ4v) is 2.54. The molecular weight excluding hydrogens is 262 g/mol. The summed E-state index contributed by atoms with van der Waals surface area (Å²) in [6.45, 7) is 3.99. The van der Waals surface area contributed by atoms with Crippen molar-refractivity contribution in [2.45, 2.75) is 38.8 Å². The third-order valence-corrected chi connectivity index (χ3v) is 3.64. The summed E-state index contributed by atoms with van der Waals surface area (Å²) in [5, 5.41) is 0.